The first kappa shape index (κ1) is 18.7. The maximum absolute atomic E-state index is 13.3. The molecule has 1 saturated carbocycles. The molecule has 0 atom stereocenters. The van der Waals surface area contributed by atoms with Crippen LogP contribution in [-0.2, 0) is 11.3 Å². The summed E-state index contributed by atoms with van der Waals surface area (Å²) in [7, 11) is 0. The van der Waals surface area contributed by atoms with Crippen molar-refractivity contribution in [3.05, 3.63) is 54.1 Å². The number of hydrogen-bond acceptors (Lipinski definition) is 3. The van der Waals surface area contributed by atoms with E-state index in [1.54, 1.807) is 6.07 Å². The quantitative estimate of drug-likeness (QED) is 0.743. The Labute approximate surface area is 166 Å². The van der Waals surface area contributed by atoms with Gasteiger partial charge in [0, 0.05) is 12.0 Å². The predicted molar refractivity (Wildman–Crippen MR) is 112 cm³/mol. The number of amidine groups is 1. The average molecular weight is 377 g/mol. The van der Waals surface area contributed by atoms with Crippen LogP contribution >= 0.6 is 0 Å². The minimum Gasteiger partial charge on any atom is -0.507 e. The molecule has 0 unspecified atom stereocenters. The van der Waals surface area contributed by atoms with Gasteiger partial charge in [-0.3, -0.25) is 14.7 Å². The molecule has 4 rings (SSSR count). The largest absolute Gasteiger partial charge is 0.507 e. The van der Waals surface area contributed by atoms with Crippen molar-refractivity contribution in [2.75, 3.05) is 0 Å². The first-order chi connectivity index (χ1) is 13.6. The van der Waals surface area contributed by atoms with Crippen molar-refractivity contribution in [3.8, 4) is 16.9 Å². The molecule has 2 aliphatic rings. The summed E-state index contributed by atoms with van der Waals surface area (Å²) in [5.74, 6) is 1.41. The van der Waals surface area contributed by atoms with Gasteiger partial charge in [-0.25, -0.2) is 0 Å². The minimum absolute atomic E-state index is 0.184. The number of phenolic OH excluding ortho intramolecular Hbond substituents is 1. The summed E-state index contributed by atoms with van der Waals surface area (Å²) in [5, 5.41) is 10.2. The van der Waals surface area contributed by atoms with E-state index in [2.05, 4.69) is 13.0 Å². The number of aliphatic imine (C=N–C) groups is 1. The molecule has 0 bridgehead atoms. The Morgan fingerprint density at radius 3 is 2.64 bits per heavy atom. The van der Waals surface area contributed by atoms with Crippen molar-refractivity contribution >= 4 is 11.7 Å². The van der Waals surface area contributed by atoms with Crippen molar-refractivity contribution < 1.29 is 9.90 Å². The number of unbranched alkanes of at least 4 members (excludes halogenated alkanes) is 1. The highest BCUT2D eigenvalue weighted by Gasteiger charge is 2.49. The van der Waals surface area contributed by atoms with Gasteiger partial charge in [-0.2, -0.15) is 0 Å². The molecule has 0 aromatic heterocycles. The molecule has 4 nitrogen and oxygen atoms in total. The SMILES string of the molecule is CCCCC1=NC2(CCCC2)C(=O)N1Cc1cccc(-c2ccccc2O)c1. The van der Waals surface area contributed by atoms with Gasteiger partial charge in [-0.15, -0.1) is 0 Å². The van der Waals surface area contributed by atoms with Gasteiger partial charge in [-0.1, -0.05) is 62.6 Å². The van der Waals surface area contributed by atoms with Gasteiger partial charge >= 0.3 is 0 Å². The number of aromatic hydroxyl groups is 1. The summed E-state index contributed by atoms with van der Waals surface area (Å²) >= 11 is 0. The summed E-state index contributed by atoms with van der Waals surface area (Å²) in [6.45, 7) is 2.72. The second-order valence-corrected chi connectivity index (χ2v) is 7.98. The van der Waals surface area contributed by atoms with Gasteiger partial charge in [0.05, 0.1) is 6.54 Å². The van der Waals surface area contributed by atoms with Crippen molar-refractivity contribution in [3.63, 3.8) is 0 Å². The Kier molecular flexibility index (Phi) is 5.21. The first-order valence-electron chi connectivity index (χ1n) is 10.4. The van der Waals surface area contributed by atoms with E-state index in [1.165, 1.54) is 0 Å². The van der Waals surface area contributed by atoms with E-state index in [4.69, 9.17) is 4.99 Å². The predicted octanol–water partition coefficient (Wildman–Crippen LogP) is 5.30. The number of hydrogen-bond donors (Lipinski definition) is 1. The van der Waals surface area contributed by atoms with Gasteiger partial charge in [0.1, 0.15) is 17.1 Å². The van der Waals surface area contributed by atoms with Gasteiger partial charge in [0.2, 0.25) is 0 Å². The van der Waals surface area contributed by atoms with Crippen molar-refractivity contribution in [1.82, 2.24) is 4.90 Å². The highest BCUT2D eigenvalue weighted by Crippen LogP contribution is 2.40. The molecule has 4 heteroatoms. The summed E-state index contributed by atoms with van der Waals surface area (Å²) in [5.41, 5.74) is 2.35. The van der Waals surface area contributed by atoms with Crippen LogP contribution in [0.4, 0.5) is 0 Å². The number of benzene rings is 2. The lowest BCUT2D eigenvalue weighted by Crippen LogP contribution is -2.40. The third-order valence-electron chi connectivity index (χ3n) is 5.97. The molecule has 2 aromatic carbocycles. The van der Waals surface area contributed by atoms with Crippen LogP contribution in [0.25, 0.3) is 11.1 Å². The number of amides is 1. The normalized spacial score (nSPS) is 18.1. The zero-order valence-corrected chi connectivity index (χ0v) is 16.5. The monoisotopic (exact) mass is 376 g/mol. The van der Waals surface area contributed by atoms with Gasteiger partial charge in [-0.05, 0) is 42.5 Å². The lowest BCUT2D eigenvalue weighted by atomic mass is 9.97. The third kappa shape index (κ3) is 3.44. The maximum atomic E-state index is 13.3. The lowest BCUT2D eigenvalue weighted by molar-refractivity contribution is -0.131. The summed E-state index contributed by atoms with van der Waals surface area (Å²) in [6.07, 6.45) is 6.96. The number of carbonyl (C=O) groups excluding carboxylic acids is 1. The second kappa shape index (κ2) is 7.78. The van der Waals surface area contributed by atoms with Gasteiger partial charge in [0.25, 0.3) is 5.91 Å². The summed E-state index contributed by atoms with van der Waals surface area (Å²) in [4.78, 5) is 20.2. The van der Waals surface area contributed by atoms with Crippen LogP contribution in [0.15, 0.2) is 53.5 Å². The molecule has 1 N–H and O–H groups in total. The van der Waals surface area contributed by atoms with Crippen LogP contribution in [0.2, 0.25) is 0 Å². The van der Waals surface area contributed by atoms with Crippen LogP contribution in [0.5, 0.6) is 5.75 Å². The van der Waals surface area contributed by atoms with E-state index in [0.717, 1.165) is 67.5 Å². The highest BCUT2D eigenvalue weighted by molar-refractivity contribution is 6.08. The van der Waals surface area contributed by atoms with Crippen molar-refractivity contribution in [1.29, 1.82) is 0 Å². The highest BCUT2D eigenvalue weighted by atomic mass is 16.3. The van der Waals surface area contributed by atoms with Crippen molar-refractivity contribution in [2.45, 2.75) is 64.0 Å². The van der Waals surface area contributed by atoms with Crippen LogP contribution < -0.4 is 0 Å². The Hall–Kier alpha value is -2.62. The number of para-hydroxylation sites is 1. The molecule has 1 spiro atoms. The smallest absolute Gasteiger partial charge is 0.256 e. The number of carbonyl (C=O) groups is 1. The molecule has 28 heavy (non-hydrogen) atoms. The Morgan fingerprint density at radius 1 is 1.11 bits per heavy atom. The van der Waals surface area contributed by atoms with Crippen LogP contribution in [0.3, 0.4) is 0 Å². The average Bonchev–Trinajstić information content (AvgIpc) is 3.28. The fourth-order valence-corrected chi connectivity index (χ4v) is 4.44. The van der Waals surface area contributed by atoms with Crippen LogP contribution in [0, 0.1) is 0 Å². The molecule has 1 heterocycles. The molecule has 1 fully saturated rings. The van der Waals surface area contributed by atoms with Gasteiger partial charge in [0.15, 0.2) is 0 Å². The van der Waals surface area contributed by atoms with Gasteiger partial charge < -0.3 is 5.11 Å². The second-order valence-electron chi connectivity index (χ2n) is 7.98. The van der Waals surface area contributed by atoms with E-state index < -0.39 is 5.54 Å². The Morgan fingerprint density at radius 2 is 1.89 bits per heavy atom. The van der Waals surface area contributed by atoms with E-state index >= 15 is 0 Å². The number of rotatable bonds is 6. The number of phenols is 1. The molecular weight excluding hydrogens is 348 g/mol. The zero-order chi connectivity index (χ0) is 19.6. The molecule has 1 aliphatic carbocycles. The Balaban J connectivity index is 1.61. The summed E-state index contributed by atoms with van der Waals surface area (Å²) in [6, 6.07) is 15.5. The molecule has 2 aromatic rings. The third-order valence-corrected chi connectivity index (χ3v) is 5.97. The first-order valence-corrected chi connectivity index (χ1v) is 10.4. The molecule has 0 saturated heterocycles. The van der Waals surface area contributed by atoms with E-state index in [1.807, 2.05) is 41.3 Å². The number of nitrogens with zero attached hydrogens (tertiary/aromatic N) is 2. The fourth-order valence-electron chi connectivity index (χ4n) is 4.44. The minimum atomic E-state index is -0.488. The molecule has 1 amide bonds. The molecule has 146 valence electrons. The topological polar surface area (TPSA) is 52.9 Å². The fraction of sp³-hybridized carbons (Fsp3) is 0.417. The van der Waals surface area contributed by atoms with E-state index in [-0.39, 0.29) is 11.7 Å². The maximum Gasteiger partial charge on any atom is 0.256 e. The molecular formula is C24H28N2O2. The van der Waals surface area contributed by atoms with Crippen LogP contribution in [-0.4, -0.2) is 27.3 Å². The Bertz CT molecular complexity index is 897. The summed E-state index contributed by atoms with van der Waals surface area (Å²) < 4.78 is 0. The standard InChI is InChI=1S/C24H28N2O2/c1-2-3-13-22-25-24(14-6-7-15-24)23(28)26(22)17-18-9-8-10-19(16-18)20-11-4-5-12-21(20)27/h4-5,8-12,16,27H,2-3,6-7,13-15,17H2,1H3. The molecule has 1 aliphatic heterocycles. The zero-order valence-electron chi connectivity index (χ0n) is 16.5. The lowest BCUT2D eigenvalue weighted by Gasteiger charge is -2.23. The molecule has 0 radical (unpaired) electrons. The van der Waals surface area contributed by atoms with E-state index in [0.29, 0.717) is 6.54 Å². The van der Waals surface area contributed by atoms with E-state index in [9.17, 15) is 9.90 Å². The van der Waals surface area contributed by atoms with Crippen LogP contribution in [0.1, 0.15) is 57.4 Å². The van der Waals surface area contributed by atoms with Crippen molar-refractivity contribution in [2.24, 2.45) is 4.99 Å².